The predicted molar refractivity (Wildman–Crippen MR) is 266 cm³/mol. The van der Waals surface area contributed by atoms with Gasteiger partial charge >= 0.3 is 44.8 Å². The number of rotatable bonds is 7. The third kappa shape index (κ3) is 11.4. The van der Waals surface area contributed by atoms with Crippen molar-refractivity contribution in [2.45, 2.75) is 0 Å². The van der Waals surface area contributed by atoms with E-state index >= 15 is 0 Å². The molecule has 10 aromatic rings. The van der Waals surface area contributed by atoms with Crippen LogP contribution in [-0.2, 0) is 44.8 Å². The molecule has 0 fully saturated rings. The van der Waals surface area contributed by atoms with Crippen molar-refractivity contribution < 1.29 is 44.8 Å². The topological polar surface area (TPSA) is 0 Å². The fourth-order valence-corrected chi connectivity index (χ4v) is 14.1. The molecule has 0 N–H and O–H groups in total. The van der Waals surface area contributed by atoms with Gasteiger partial charge in [-0.1, -0.05) is 158 Å². The molecule has 306 valence electrons. The van der Waals surface area contributed by atoms with Gasteiger partial charge in [-0.25, -0.2) is 0 Å². The molecule has 0 amide bonds. The summed E-state index contributed by atoms with van der Waals surface area (Å²) >= 11 is 0. The summed E-state index contributed by atoms with van der Waals surface area (Å²) in [5.41, 5.74) is 1.64. The molecule has 0 aliphatic heterocycles. The predicted octanol–water partition coefficient (Wildman–Crippen LogP) is 12.6. The average molecular weight is 1200 g/mol. The molecule has 0 heterocycles. The molecule has 0 bridgehead atoms. The van der Waals surface area contributed by atoms with E-state index in [0.717, 1.165) is 21.9 Å². The second-order valence-electron chi connectivity index (χ2n) is 14.6. The summed E-state index contributed by atoms with van der Waals surface area (Å²) in [6.07, 6.45) is 16.8. The molecule has 0 nitrogen and oxygen atoms in total. The van der Waals surface area contributed by atoms with Crippen molar-refractivity contribution in [3.8, 4) is 11.8 Å². The second kappa shape index (κ2) is 23.2. The van der Waals surface area contributed by atoms with Gasteiger partial charge in [0.05, 0.1) is 37.1 Å². The Morgan fingerprint density at radius 3 is 0.887 bits per heavy atom. The van der Waals surface area contributed by atoms with E-state index in [-0.39, 0.29) is 44.8 Å². The summed E-state index contributed by atoms with van der Waals surface area (Å²) in [4.78, 5) is 0. The summed E-state index contributed by atoms with van der Waals surface area (Å²) in [6.45, 7) is 0. The molecule has 0 unspecified atom stereocenters. The van der Waals surface area contributed by atoms with E-state index in [9.17, 15) is 0 Å². The van der Waals surface area contributed by atoms with Crippen molar-refractivity contribution in [1.29, 1.82) is 0 Å². The maximum atomic E-state index is 7.13. The molecule has 0 saturated carbocycles. The molecule has 0 radical (unpaired) electrons. The van der Waals surface area contributed by atoms with Crippen molar-refractivity contribution in [3.05, 3.63) is 254 Å². The van der Waals surface area contributed by atoms with Crippen LogP contribution in [0.3, 0.4) is 0 Å². The largest absolute Gasteiger partial charge is 1.00 e. The molecule has 0 atom stereocenters. The summed E-state index contributed by atoms with van der Waals surface area (Å²) in [7, 11) is -1.57. The van der Waals surface area contributed by atoms with Crippen LogP contribution in [0.5, 0.6) is 0 Å². The van der Waals surface area contributed by atoms with Gasteiger partial charge in [0.25, 0.3) is 0 Å². The minimum Gasteiger partial charge on any atom is -0.366 e. The first-order chi connectivity index (χ1) is 29.7. The van der Waals surface area contributed by atoms with Crippen molar-refractivity contribution in [2.75, 3.05) is 12.3 Å². The van der Waals surface area contributed by atoms with Crippen molar-refractivity contribution >= 4 is 80.2 Å². The van der Waals surface area contributed by atoms with E-state index in [0.29, 0.717) is 0 Å². The monoisotopic (exact) mass is 1200 g/mol. The minimum atomic E-state index is -0.783. The molecule has 4 heteroatoms. The van der Waals surface area contributed by atoms with Crippen LogP contribution in [0.2, 0.25) is 0 Å². The van der Waals surface area contributed by atoms with Crippen LogP contribution in [0.1, 0.15) is 11.1 Å². The molecule has 0 aromatic heterocycles. The van der Waals surface area contributed by atoms with Crippen molar-refractivity contribution in [2.24, 2.45) is 0 Å². The van der Waals surface area contributed by atoms with Gasteiger partial charge in [-0.2, -0.15) is 0 Å². The number of hydrogen-bond acceptors (Lipinski definition) is 0. The molecule has 0 spiro atoms. The fraction of sp³-hybridized carbons (Fsp3) is 0.0345. The third-order valence-electron chi connectivity index (χ3n) is 10.9. The Labute approximate surface area is 400 Å². The minimum absolute atomic E-state index is 0. The third-order valence-corrected chi connectivity index (χ3v) is 17.0. The van der Waals surface area contributed by atoms with E-state index in [4.69, 9.17) is 12.8 Å². The van der Waals surface area contributed by atoms with Gasteiger partial charge in [0.15, 0.2) is 0 Å². The first kappa shape index (κ1) is 46.2. The van der Waals surface area contributed by atoms with Gasteiger partial charge in [-0.05, 0) is 91.6 Å². The first-order valence-electron chi connectivity index (χ1n) is 20.3. The Bertz CT molecular complexity index is 2780. The quantitative estimate of drug-likeness (QED) is 0.0491. The number of fused-ring (bicyclic) bond motifs is 6. The molecule has 10 rings (SSSR count). The van der Waals surface area contributed by atoms with Crippen LogP contribution in [0.25, 0.3) is 43.1 Å². The Morgan fingerprint density at radius 1 is 0.290 bits per heavy atom. The number of benzene rings is 10. The van der Waals surface area contributed by atoms with Gasteiger partial charge in [-0.3, -0.25) is 11.8 Å². The maximum Gasteiger partial charge on any atom is 1.00 e. The molecule has 0 aliphatic carbocycles. The molecule has 10 aromatic carbocycles. The Morgan fingerprint density at radius 2 is 0.565 bits per heavy atom. The normalized spacial score (nSPS) is 10.4. The zero-order valence-electron chi connectivity index (χ0n) is 34.0. The Hall–Kier alpha value is -5.30. The van der Waals surface area contributed by atoms with Crippen LogP contribution in [0.15, 0.2) is 231 Å². The SMILES string of the molecule is [Au+].[Au+].[C-]#Cc1ccc2c(ccc3ccccc32)c1.[C-]#Cc1ccc2c(ccc3ccccc32)c1.c1ccc([PH+](CC[PH+](c2ccccc2)c2ccccc2)c2ccccc2)cc1. The van der Waals surface area contributed by atoms with E-state index in [2.05, 4.69) is 206 Å². The van der Waals surface area contributed by atoms with Crippen LogP contribution in [0, 0.1) is 24.7 Å². The van der Waals surface area contributed by atoms with Crippen LogP contribution in [0.4, 0.5) is 0 Å². The molecule has 0 saturated heterocycles. The van der Waals surface area contributed by atoms with E-state index in [1.54, 1.807) is 0 Å². The fourth-order valence-electron chi connectivity index (χ4n) is 7.90. The van der Waals surface area contributed by atoms with Crippen molar-refractivity contribution in [3.63, 3.8) is 0 Å². The van der Waals surface area contributed by atoms with Crippen LogP contribution >= 0.6 is 15.8 Å². The van der Waals surface area contributed by atoms with Gasteiger partial charge in [0.2, 0.25) is 0 Å². The van der Waals surface area contributed by atoms with E-state index in [1.165, 1.54) is 65.9 Å². The molecular formula is C58H44Au2P2+2. The summed E-state index contributed by atoms with van der Waals surface area (Å²) < 4.78 is 0. The van der Waals surface area contributed by atoms with Crippen LogP contribution in [-0.4, -0.2) is 12.3 Å². The maximum absolute atomic E-state index is 7.13. The summed E-state index contributed by atoms with van der Waals surface area (Å²) in [5.74, 6) is 4.83. The molecular weight excluding hydrogens is 1150 g/mol. The van der Waals surface area contributed by atoms with Gasteiger partial charge in [0, 0.05) is 0 Å². The summed E-state index contributed by atoms with van der Waals surface area (Å²) in [6, 6.07) is 81.6. The van der Waals surface area contributed by atoms with Gasteiger partial charge < -0.3 is 12.8 Å². The zero-order chi connectivity index (χ0) is 40.9. The average Bonchev–Trinajstić information content (AvgIpc) is 3.34. The van der Waals surface area contributed by atoms with Gasteiger partial charge in [-0.15, -0.1) is 35.4 Å². The number of hydrogen-bond donors (Lipinski definition) is 0. The van der Waals surface area contributed by atoms with Crippen LogP contribution < -0.4 is 21.2 Å². The second-order valence-corrected chi connectivity index (χ2v) is 19.8. The molecule has 0 aliphatic rings. The standard InChI is InChI=1S/C26H24P2.2C16H9.2Au/c1-5-13-23(14-6-1)27(24-15-7-2-8-16-24)21-22-28(25-17-9-3-10-18-25)26-19-11-4-12-20-26;2*1-2-12-7-10-16-14(11-12)9-8-13-5-3-4-6-15(13)16;;/h1-20H,21-22H2;2*3-11H;;/q;2*-1;2*+1/p+2. The molecule has 62 heavy (non-hydrogen) atoms. The van der Waals surface area contributed by atoms with Crippen molar-refractivity contribution in [1.82, 2.24) is 0 Å². The zero-order valence-corrected chi connectivity index (χ0v) is 40.3. The Kier molecular flexibility index (Phi) is 17.3. The smallest absolute Gasteiger partial charge is 0.366 e. The first-order valence-corrected chi connectivity index (χ1v) is 23.7. The Balaban J connectivity index is 0.000000162. The van der Waals surface area contributed by atoms with E-state index < -0.39 is 15.8 Å². The van der Waals surface area contributed by atoms with Gasteiger partial charge in [0.1, 0.15) is 12.3 Å². The van der Waals surface area contributed by atoms with E-state index in [1.807, 2.05) is 36.4 Å². The summed E-state index contributed by atoms with van der Waals surface area (Å²) in [5, 5.41) is 15.9.